The number of pyridine rings is 1. The van der Waals surface area contributed by atoms with Gasteiger partial charge in [0.1, 0.15) is 0 Å². The molecule has 4 aromatic heterocycles. The van der Waals surface area contributed by atoms with Crippen LogP contribution in [0.3, 0.4) is 0 Å². The maximum atomic E-state index is 5.17. The second kappa shape index (κ2) is 12.6. The lowest BCUT2D eigenvalue weighted by molar-refractivity contribution is 1.15. The van der Waals surface area contributed by atoms with E-state index in [-0.39, 0.29) is 0 Å². The van der Waals surface area contributed by atoms with E-state index >= 15 is 0 Å². The number of para-hydroxylation sites is 2. The molecule has 0 radical (unpaired) electrons. The molecule has 0 aliphatic carbocycles. The van der Waals surface area contributed by atoms with Crippen molar-refractivity contribution in [2.45, 2.75) is 0 Å². The summed E-state index contributed by atoms with van der Waals surface area (Å²) >= 11 is 1.86. The molecule has 4 heterocycles. The Morgan fingerprint density at radius 3 is 1.46 bits per heavy atom. The predicted molar refractivity (Wildman–Crippen MR) is 242 cm³/mol. The fraction of sp³-hybridized carbons (Fsp3) is 0. The molecule has 3 nitrogen and oxygen atoms in total. The van der Waals surface area contributed by atoms with Crippen LogP contribution in [0.5, 0.6) is 0 Å². The van der Waals surface area contributed by atoms with Gasteiger partial charge in [-0.3, -0.25) is 0 Å². The third-order valence-electron chi connectivity index (χ3n) is 11.5. The molecule has 0 saturated carbocycles. The van der Waals surface area contributed by atoms with Gasteiger partial charge < -0.3 is 9.13 Å². The number of fused-ring (bicyclic) bond motifs is 10. The maximum Gasteiger partial charge on any atom is 0.0788 e. The molecule has 0 atom stereocenters. The molecular weight excluding hydrogens is 711 g/mol. The zero-order valence-electron chi connectivity index (χ0n) is 30.8. The molecule has 4 heteroatoms. The van der Waals surface area contributed by atoms with E-state index in [9.17, 15) is 0 Å². The summed E-state index contributed by atoms with van der Waals surface area (Å²) in [6, 6.07) is 72.6. The highest BCUT2D eigenvalue weighted by Gasteiger charge is 2.22. The van der Waals surface area contributed by atoms with E-state index in [1.807, 2.05) is 11.3 Å². The summed E-state index contributed by atoms with van der Waals surface area (Å²) in [5.41, 5.74) is 13.4. The zero-order valence-corrected chi connectivity index (χ0v) is 31.6. The first-order valence-corrected chi connectivity index (χ1v) is 20.2. The minimum absolute atomic E-state index is 0.954. The van der Waals surface area contributed by atoms with Gasteiger partial charge in [0.15, 0.2) is 0 Å². The smallest absolute Gasteiger partial charge is 0.0788 e. The van der Waals surface area contributed by atoms with Crippen molar-refractivity contribution >= 4 is 75.1 Å². The molecular formula is C53H33N3S. The lowest BCUT2D eigenvalue weighted by Crippen LogP contribution is -1.99. The van der Waals surface area contributed by atoms with Gasteiger partial charge in [-0.2, -0.15) is 0 Å². The van der Waals surface area contributed by atoms with Crippen molar-refractivity contribution in [1.82, 2.24) is 14.1 Å². The van der Waals surface area contributed by atoms with Crippen LogP contribution in [0.15, 0.2) is 200 Å². The molecule has 0 unspecified atom stereocenters. The van der Waals surface area contributed by atoms with Crippen LogP contribution in [0.25, 0.3) is 109 Å². The van der Waals surface area contributed by atoms with Gasteiger partial charge in [0, 0.05) is 64.2 Å². The van der Waals surface area contributed by atoms with Crippen molar-refractivity contribution in [3.05, 3.63) is 200 Å². The van der Waals surface area contributed by atoms with Crippen LogP contribution in [-0.2, 0) is 0 Å². The highest BCUT2D eigenvalue weighted by Crippen LogP contribution is 2.43. The van der Waals surface area contributed by atoms with E-state index in [0.717, 1.165) is 45.0 Å². The van der Waals surface area contributed by atoms with E-state index in [1.54, 1.807) is 0 Å². The molecule has 12 aromatic rings. The summed E-state index contributed by atoms with van der Waals surface area (Å²) in [6.07, 6.45) is 0. The van der Waals surface area contributed by atoms with Gasteiger partial charge in [-0.25, -0.2) is 4.98 Å². The van der Waals surface area contributed by atoms with Crippen LogP contribution < -0.4 is 0 Å². The van der Waals surface area contributed by atoms with Crippen LogP contribution in [0, 0.1) is 0 Å². The van der Waals surface area contributed by atoms with Crippen molar-refractivity contribution in [1.29, 1.82) is 0 Å². The number of nitrogens with zero attached hydrogens (tertiary/aromatic N) is 3. The lowest BCUT2D eigenvalue weighted by atomic mass is 9.99. The quantitative estimate of drug-likeness (QED) is 0.172. The Kier molecular flexibility index (Phi) is 7.10. The molecule has 57 heavy (non-hydrogen) atoms. The Labute approximate surface area is 333 Å². The highest BCUT2D eigenvalue weighted by molar-refractivity contribution is 7.25. The Bertz CT molecular complexity index is 3460. The van der Waals surface area contributed by atoms with E-state index in [4.69, 9.17) is 4.98 Å². The zero-order chi connectivity index (χ0) is 37.5. The molecule has 0 N–H and O–H groups in total. The summed E-state index contributed by atoms with van der Waals surface area (Å²) in [4.78, 5) is 5.17. The van der Waals surface area contributed by atoms with Crippen LogP contribution in [0.1, 0.15) is 0 Å². The summed E-state index contributed by atoms with van der Waals surface area (Å²) in [6.45, 7) is 0. The molecule has 266 valence electrons. The van der Waals surface area contributed by atoms with Crippen molar-refractivity contribution in [3.63, 3.8) is 0 Å². The van der Waals surface area contributed by atoms with Crippen molar-refractivity contribution in [3.8, 4) is 45.0 Å². The van der Waals surface area contributed by atoms with Gasteiger partial charge in [0.2, 0.25) is 0 Å². The maximum absolute atomic E-state index is 5.17. The summed E-state index contributed by atoms with van der Waals surface area (Å²) in [5, 5.41) is 7.55. The van der Waals surface area contributed by atoms with Gasteiger partial charge in [-0.05, 0) is 71.8 Å². The Morgan fingerprint density at radius 1 is 0.316 bits per heavy atom. The van der Waals surface area contributed by atoms with Gasteiger partial charge in [-0.15, -0.1) is 11.3 Å². The van der Waals surface area contributed by atoms with Gasteiger partial charge in [0.25, 0.3) is 0 Å². The average Bonchev–Trinajstić information content (AvgIpc) is 3.94. The average molecular weight is 744 g/mol. The van der Waals surface area contributed by atoms with Crippen LogP contribution >= 0.6 is 11.3 Å². The van der Waals surface area contributed by atoms with Crippen LogP contribution in [0.2, 0.25) is 0 Å². The van der Waals surface area contributed by atoms with E-state index in [1.165, 1.54) is 63.8 Å². The molecule has 8 aromatic carbocycles. The minimum Gasteiger partial charge on any atom is -0.307 e. The summed E-state index contributed by atoms with van der Waals surface area (Å²) in [7, 11) is 0. The summed E-state index contributed by atoms with van der Waals surface area (Å²) in [5.74, 6) is 0. The fourth-order valence-corrected chi connectivity index (χ4v) is 10.0. The molecule has 0 spiro atoms. The second-order valence-electron chi connectivity index (χ2n) is 14.8. The monoisotopic (exact) mass is 743 g/mol. The summed E-state index contributed by atoms with van der Waals surface area (Å²) < 4.78 is 7.61. The number of benzene rings is 8. The van der Waals surface area contributed by atoms with E-state index < -0.39 is 0 Å². The molecule has 0 fully saturated rings. The number of rotatable bonds is 5. The normalized spacial score (nSPS) is 11.9. The second-order valence-corrected chi connectivity index (χ2v) is 15.8. The van der Waals surface area contributed by atoms with Crippen LogP contribution in [0.4, 0.5) is 0 Å². The fourth-order valence-electron chi connectivity index (χ4n) is 8.93. The molecule has 0 aliphatic heterocycles. The molecule has 0 bridgehead atoms. The Hall–Kier alpha value is -7.27. The largest absolute Gasteiger partial charge is 0.307 e. The third kappa shape index (κ3) is 5.01. The van der Waals surface area contributed by atoms with Crippen molar-refractivity contribution < 1.29 is 0 Å². The molecule has 0 saturated heterocycles. The predicted octanol–water partition coefficient (Wildman–Crippen LogP) is 14.6. The first kappa shape index (κ1) is 32.0. The van der Waals surface area contributed by atoms with Gasteiger partial charge in [-0.1, -0.05) is 140 Å². The SMILES string of the molecule is c1ccc(-c2cc(-c3cccc(-n4c5ccccc5c5ccc6c7ccccc7n(-c7ccc8sc9ccccc9c8c7)c6c54)c3)cc(-c3ccccc3)n2)cc1. The topological polar surface area (TPSA) is 22.8 Å². The number of hydrogen-bond donors (Lipinski definition) is 0. The number of aromatic nitrogens is 3. The first-order valence-electron chi connectivity index (χ1n) is 19.4. The number of thiophene rings is 1. The van der Waals surface area contributed by atoms with Crippen molar-refractivity contribution in [2.24, 2.45) is 0 Å². The first-order chi connectivity index (χ1) is 28.3. The van der Waals surface area contributed by atoms with Gasteiger partial charge >= 0.3 is 0 Å². The van der Waals surface area contributed by atoms with Crippen molar-refractivity contribution in [2.75, 3.05) is 0 Å². The Balaban J connectivity index is 1.14. The van der Waals surface area contributed by atoms with Gasteiger partial charge in [0.05, 0.1) is 33.5 Å². The number of hydrogen-bond acceptors (Lipinski definition) is 2. The Morgan fingerprint density at radius 2 is 0.825 bits per heavy atom. The molecule has 0 amide bonds. The minimum atomic E-state index is 0.954. The lowest BCUT2D eigenvalue weighted by Gasteiger charge is -2.14. The standard InChI is InChI=1S/C53H33N3S/c1-3-14-34(15-4-1)46-31-37(32-47(54-46)35-16-5-2-6-17-35)36-18-13-19-38(30-36)55-48-23-10-7-20-40(48)43-27-28-44-41-21-8-11-24-49(41)56(53(44)52(43)55)39-26-29-51-45(33-39)42-22-9-12-25-50(42)57-51/h1-33H. The van der Waals surface area contributed by atoms with Crippen LogP contribution in [-0.4, -0.2) is 14.1 Å². The van der Waals surface area contributed by atoms with E-state index in [0.29, 0.717) is 0 Å². The van der Waals surface area contributed by atoms with E-state index in [2.05, 4.69) is 209 Å². The molecule has 12 rings (SSSR count). The molecule has 0 aliphatic rings. The third-order valence-corrected chi connectivity index (χ3v) is 12.6. The highest BCUT2D eigenvalue weighted by atomic mass is 32.1.